The fourth-order valence-electron chi connectivity index (χ4n) is 2.60. The second-order valence-electron chi connectivity index (χ2n) is 5.61. The number of hydrogen-bond donors (Lipinski definition) is 1. The van der Waals surface area contributed by atoms with Gasteiger partial charge in [-0.2, -0.15) is 0 Å². The zero-order valence-corrected chi connectivity index (χ0v) is 15.0. The average Bonchev–Trinajstić information content (AvgIpc) is 3.00. The fraction of sp³-hybridized carbons (Fsp3) is 0.316. The number of aromatic nitrogens is 1. The standard InChI is InChI=1S/C19H21NO6/c1-12-16(18(22)25-3)14(9-10-15(21)24-2)17(20-12)19(23)26-11-13-7-5-4-6-8-13/h4-8,20H,9-11H2,1-3H3. The smallest absolute Gasteiger partial charge is 0.355 e. The van der Waals surface area contributed by atoms with Crippen molar-refractivity contribution in [2.75, 3.05) is 14.2 Å². The van der Waals surface area contributed by atoms with Crippen molar-refractivity contribution in [3.05, 3.63) is 58.4 Å². The van der Waals surface area contributed by atoms with E-state index in [1.54, 1.807) is 6.92 Å². The molecule has 7 heteroatoms. The van der Waals surface area contributed by atoms with Crippen molar-refractivity contribution >= 4 is 17.9 Å². The van der Waals surface area contributed by atoms with Crippen LogP contribution < -0.4 is 0 Å². The SMILES string of the molecule is COC(=O)CCc1c(C(=O)OCc2ccccc2)[nH]c(C)c1C(=O)OC. The maximum Gasteiger partial charge on any atom is 0.355 e. The minimum absolute atomic E-state index is 0.0246. The maximum atomic E-state index is 12.5. The second kappa shape index (κ2) is 8.84. The van der Waals surface area contributed by atoms with Crippen LogP contribution in [0.15, 0.2) is 30.3 Å². The van der Waals surface area contributed by atoms with E-state index in [0.717, 1.165) is 5.56 Å². The van der Waals surface area contributed by atoms with Crippen LogP contribution in [0.3, 0.4) is 0 Å². The van der Waals surface area contributed by atoms with Crippen molar-refractivity contribution in [2.24, 2.45) is 0 Å². The van der Waals surface area contributed by atoms with Gasteiger partial charge < -0.3 is 19.2 Å². The first-order valence-electron chi connectivity index (χ1n) is 8.05. The topological polar surface area (TPSA) is 94.7 Å². The number of methoxy groups -OCH3 is 2. The van der Waals surface area contributed by atoms with Gasteiger partial charge in [0.25, 0.3) is 0 Å². The van der Waals surface area contributed by atoms with Crippen LogP contribution in [-0.4, -0.2) is 37.1 Å². The Morgan fingerprint density at radius 2 is 1.69 bits per heavy atom. The number of benzene rings is 1. The van der Waals surface area contributed by atoms with E-state index in [9.17, 15) is 14.4 Å². The number of carbonyl (C=O) groups excluding carboxylic acids is 3. The Morgan fingerprint density at radius 1 is 1.00 bits per heavy atom. The molecule has 0 unspecified atom stereocenters. The van der Waals surface area contributed by atoms with Crippen molar-refractivity contribution in [2.45, 2.75) is 26.4 Å². The molecule has 26 heavy (non-hydrogen) atoms. The predicted molar refractivity (Wildman–Crippen MR) is 92.8 cm³/mol. The quantitative estimate of drug-likeness (QED) is 0.603. The Hall–Kier alpha value is -3.09. The summed E-state index contributed by atoms with van der Waals surface area (Å²) in [7, 11) is 2.53. The molecule has 0 aliphatic rings. The van der Waals surface area contributed by atoms with E-state index in [2.05, 4.69) is 9.72 Å². The molecule has 138 valence electrons. The zero-order valence-electron chi connectivity index (χ0n) is 15.0. The van der Waals surface area contributed by atoms with E-state index in [-0.39, 0.29) is 30.7 Å². The van der Waals surface area contributed by atoms with E-state index in [1.165, 1.54) is 14.2 Å². The normalized spacial score (nSPS) is 10.3. The number of H-pyrrole nitrogens is 1. The van der Waals surface area contributed by atoms with Gasteiger partial charge in [0.2, 0.25) is 0 Å². The highest BCUT2D eigenvalue weighted by molar-refractivity contribution is 5.98. The van der Waals surface area contributed by atoms with Crippen LogP contribution >= 0.6 is 0 Å². The van der Waals surface area contributed by atoms with Crippen LogP contribution in [-0.2, 0) is 32.0 Å². The maximum absolute atomic E-state index is 12.5. The van der Waals surface area contributed by atoms with Crippen LogP contribution in [0.4, 0.5) is 0 Å². The lowest BCUT2D eigenvalue weighted by atomic mass is 10.0. The largest absolute Gasteiger partial charge is 0.469 e. The van der Waals surface area contributed by atoms with E-state index in [4.69, 9.17) is 9.47 Å². The summed E-state index contributed by atoms with van der Waals surface area (Å²) in [5.74, 6) is -1.63. The molecule has 1 aromatic carbocycles. The van der Waals surface area contributed by atoms with Gasteiger partial charge in [-0.15, -0.1) is 0 Å². The molecular formula is C19H21NO6. The highest BCUT2D eigenvalue weighted by Gasteiger charge is 2.26. The molecule has 0 atom stereocenters. The number of aryl methyl sites for hydroxylation is 1. The molecule has 0 amide bonds. The Bertz CT molecular complexity index is 794. The van der Waals surface area contributed by atoms with Crippen LogP contribution in [0.5, 0.6) is 0 Å². The third kappa shape index (κ3) is 4.50. The number of hydrogen-bond acceptors (Lipinski definition) is 6. The Kier molecular flexibility index (Phi) is 6.54. The molecule has 2 rings (SSSR count). The van der Waals surface area contributed by atoms with Crippen LogP contribution in [0, 0.1) is 6.92 Å². The molecule has 0 spiro atoms. The predicted octanol–water partition coefficient (Wildman–Crippen LogP) is 2.57. The van der Waals surface area contributed by atoms with Crippen molar-refractivity contribution in [3.8, 4) is 0 Å². The minimum Gasteiger partial charge on any atom is -0.469 e. The summed E-state index contributed by atoms with van der Waals surface area (Å²) in [4.78, 5) is 38.9. The average molecular weight is 359 g/mol. The molecule has 0 fully saturated rings. The van der Waals surface area contributed by atoms with Crippen LogP contribution in [0.25, 0.3) is 0 Å². The zero-order chi connectivity index (χ0) is 19.1. The summed E-state index contributed by atoms with van der Waals surface area (Å²) < 4.78 is 14.7. The van der Waals surface area contributed by atoms with Crippen molar-refractivity contribution < 1.29 is 28.6 Å². The number of ether oxygens (including phenoxy) is 3. The first kappa shape index (κ1) is 19.2. The molecule has 0 radical (unpaired) electrons. The summed E-state index contributed by atoms with van der Waals surface area (Å²) in [6, 6.07) is 9.24. The lowest BCUT2D eigenvalue weighted by Crippen LogP contribution is -2.12. The Morgan fingerprint density at radius 3 is 2.31 bits per heavy atom. The van der Waals surface area contributed by atoms with Gasteiger partial charge in [-0.3, -0.25) is 4.79 Å². The highest BCUT2D eigenvalue weighted by atomic mass is 16.5. The van der Waals surface area contributed by atoms with Gasteiger partial charge in [-0.1, -0.05) is 30.3 Å². The Labute approximate surface area is 151 Å². The van der Waals surface area contributed by atoms with E-state index < -0.39 is 17.9 Å². The Balaban J connectivity index is 2.26. The van der Waals surface area contributed by atoms with Gasteiger partial charge in [0.15, 0.2) is 0 Å². The highest BCUT2D eigenvalue weighted by Crippen LogP contribution is 2.23. The lowest BCUT2D eigenvalue weighted by molar-refractivity contribution is -0.140. The van der Waals surface area contributed by atoms with Gasteiger partial charge in [-0.25, -0.2) is 9.59 Å². The van der Waals surface area contributed by atoms with Gasteiger partial charge >= 0.3 is 17.9 Å². The van der Waals surface area contributed by atoms with Gasteiger partial charge in [-0.05, 0) is 24.5 Å². The number of aromatic amines is 1. The molecule has 1 N–H and O–H groups in total. The van der Waals surface area contributed by atoms with Crippen molar-refractivity contribution in [1.29, 1.82) is 0 Å². The van der Waals surface area contributed by atoms with Crippen LogP contribution in [0.1, 0.15) is 44.1 Å². The van der Waals surface area contributed by atoms with E-state index in [0.29, 0.717) is 11.3 Å². The summed E-state index contributed by atoms with van der Waals surface area (Å²) in [6.07, 6.45) is 0.175. The summed E-state index contributed by atoms with van der Waals surface area (Å²) >= 11 is 0. The number of nitrogens with one attached hydrogen (secondary N) is 1. The third-order valence-corrected chi connectivity index (χ3v) is 3.90. The monoisotopic (exact) mass is 359 g/mol. The van der Waals surface area contributed by atoms with Crippen LogP contribution in [0.2, 0.25) is 0 Å². The molecule has 2 aromatic rings. The van der Waals surface area contributed by atoms with Crippen molar-refractivity contribution in [3.63, 3.8) is 0 Å². The first-order valence-corrected chi connectivity index (χ1v) is 8.05. The number of rotatable bonds is 7. The molecule has 0 bridgehead atoms. The first-order chi connectivity index (χ1) is 12.5. The van der Waals surface area contributed by atoms with E-state index in [1.807, 2.05) is 30.3 Å². The molecule has 0 saturated carbocycles. The molecule has 0 aliphatic carbocycles. The van der Waals surface area contributed by atoms with Crippen molar-refractivity contribution in [1.82, 2.24) is 4.98 Å². The molecule has 1 aromatic heterocycles. The fourth-order valence-corrected chi connectivity index (χ4v) is 2.60. The molecular weight excluding hydrogens is 338 g/mol. The number of carbonyl (C=O) groups is 3. The molecule has 1 heterocycles. The summed E-state index contributed by atoms with van der Waals surface area (Å²) in [5, 5.41) is 0. The molecule has 0 aliphatic heterocycles. The third-order valence-electron chi connectivity index (χ3n) is 3.90. The molecule has 0 saturated heterocycles. The summed E-state index contributed by atoms with van der Waals surface area (Å²) in [5.41, 5.74) is 2.08. The second-order valence-corrected chi connectivity index (χ2v) is 5.61. The number of esters is 3. The van der Waals surface area contributed by atoms with Gasteiger partial charge in [0, 0.05) is 12.1 Å². The van der Waals surface area contributed by atoms with Gasteiger partial charge in [0.05, 0.1) is 19.8 Å². The van der Waals surface area contributed by atoms with Gasteiger partial charge in [0.1, 0.15) is 12.3 Å². The molecule has 7 nitrogen and oxygen atoms in total. The minimum atomic E-state index is -0.605. The summed E-state index contributed by atoms with van der Waals surface area (Å²) in [6.45, 7) is 1.75. The van der Waals surface area contributed by atoms with E-state index >= 15 is 0 Å². The lowest BCUT2D eigenvalue weighted by Gasteiger charge is -2.07.